The minimum absolute atomic E-state index is 0.0188. The third-order valence-electron chi connectivity index (χ3n) is 3.06. The third kappa shape index (κ3) is 2.87. The van der Waals surface area contributed by atoms with E-state index in [0.717, 1.165) is 5.56 Å². The number of hydrogen-bond donors (Lipinski definition) is 2. The molecule has 18 heavy (non-hydrogen) atoms. The summed E-state index contributed by atoms with van der Waals surface area (Å²) in [6, 6.07) is 8.44. The van der Waals surface area contributed by atoms with Crippen molar-refractivity contribution in [1.29, 1.82) is 0 Å². The van der Waals surface area contributed by atoms with Gasteiger partial charge in [-0.15, -0.1) is 0 Å². The smallest absolute Gasteiger partial charge is 0.325 e. The molecule has 0 aromatic heterocycles. The first kappa shape index (κ1) is 12.6. The monoisotopic (exact) mass is 248 g/mol. The Bertz CT molecular complexity index is 433. The molecule has 0 radical (unpaired) electrons. The number of hydrogen-bond acceptors (Lipinski definition) is 3. The summed E-state index contributed by atoms with van der Waals surface area (Å²) in [4.78, 5) is 24.5. The first-order chi connectivity index (χ1) is 8.68. The summed E-state index contributed by atoms with van der Waals surface area (Å²) < 4.78 is 0. The molecule has 1 heterocycles. The molecule has 0 saturated carbocycles. The van der Waals surface area contributed by atoms with E-state index >= 15 is 0 Å². The van der Waals surface area contributed by atoms with E-state index in [1.54, 1.807) is 12.1 Å². The van der Waals surface area contributed by atoms with E-state index in [-0.39, 0.29) is 5.91 Å². The molecule has 1 saturated heterocycles. The number of carboxylic acids is 1. The van der Waals surface area contributed by atoms with Gasteiger partial charge in [0.1, 0.15) is 6.04 Å². The van der Waals surface area contributed by atoms with Crippen molar-refractivity contribution >= 4 is 11.9 Å². The van der Waals surface area contributed by atoms with E-state index in [0.29, 0.717) is 26.1 Å². The van der Waals surface area contributed by atoms with Gasteiger partial charge in [0.25, 0.3) is 0 Å². The largest absolute Gasteiger partial charge is 0.480 e. The summed E-state index contributed by atoms with van der Waals surface area (Å²) in [7, 11) is 0. The Morgan fingerprint density at radius 3 is 2.67 bits per heavy atom. The summed E-state index contributed by atoms with van der Waals surface area (Å²) in [6.07, 6.45) is 0.344. The third-order valence-corrected chi connectivity index (χ3v) is 3.06. The van der Waals surface area contributed by atoms with Gasteiger partial charge in [-0.2, -0.15) is 0 Å². The molecule has 1 fully saturated rings. The fourth-order valence-electron chi connectivity index (χ4n) is 2.19. The number of carbonyl (C=O) groups is 2. The van der Waals surface area contributed by atoms with E-state index in [9.17, 15) is 14.7 Å². The van der Waals surface area contributed by atoms with Crippen LogP contribution in [-0.2, 0) is 9.59 Å². The number of aliphatic carboxylic acids is 1. The Morgan fingerprint density at radius 1 is 1.28 bits per heavy atom. The highest BCUT2D eigenvalue weighted by Crippen LogP contribution is 2.21. The Labute approximate surface area is 105 Å². The van der Waals surface area contributed by atoms with Crippen LogP contribution in [0.3, 0.4) is 0 Å². The molecule has 0 bridgehead atoms. The van der Waals surface area contributed by atoms with Crippen LogP contribution in [-0.4, -0.2) is 41.5 Å². The van der Waals surface area contributed by atoms with Gasteiger partial charge >= 0.3 is 5.97 Å². The molecule has 1 aromatic rings. The van der Waals surface area contributed by atoms with Crippen LogP contribution in [0.5, 0.6) is 0 Å². The molecule has 1 aliphatic rings. The molecule has 1 aromatic carbocycles. The highest BCUT2D eigenvalue weighted by atomic mass is 16.4. The van der Waals surface area contributed by atoms with Crippen LogP contribution >= 0.6 is 0 Å². The minimum atomic E-state index is -0.879. The average Bonchev–Trinajstić information content (AvgIpc) is 2.56. The lowest BCUT2D eigenvalue weighted by Gasteiger charge is -2.26. The second-order valence-corrected chi connectivity index (χ2v) is 4.29. The summed E-state index contributed by atoms with van der Waals surface area (Å²) >= 11 is 0. The van der Waals surface area contributed by atoms with Crippen LogP contribution < -0.4 is 5.32 Å². The van der Waals surface area contributed by atoms with Crippen LogP contribution in [0.2, 0.25) is 0 Å². The van der Waals surface area contributed by atoms with Gasteiger partial charge in [0.05, 0.1) is 0 Å². The summed E-state index contributed by atoms with van der Waals surface area (Å²) in [6.45, 7) is 1.52. The molecule has 2 N–H and O–H groups in total. The molecule has 1 unspecified atom stereocenters. The summed E-state index contributed by atoms with van der Waals surface area (Å²) in [5.74, 6) is -0.898. The Hall–Kier alpha value is -1.88. The van der Waals surface area contributed by atoms with Gasteiger partial charge in [-0.05, 0) is 5.56 Å². The molecule has 5 heteroatoms. The predicted octanol–water partition coefficient (Wildman–Crippen LogP) is 0.634. The van der Waals surface area contributed by atoms with Crippen molar-refractivity contribution in [2.24, 2.45) is 0 Å². The van der Waals surface area contributed by atoms with E-state index in [2.05, 4.69) is 5.32 Å². The van der Waals surface area contributed by atoms with Gasteiger partial charge in [0.15, 0.2) is 0 Å². The SMILES string of the molecule is O=C1CCN(C(C(=O)O)c2ccccc2)CCN1. The van der Waals surface area contributed by atoms with E-state index < -0.39 is 12.0 Å². The van der Waals surface area contributed by atoms with Crippen molar-refractivity contribution in [2.75, 3.05) is 19.6 Å². The topological polar surface area (TPSA) is 69.6 Å². The molecule has 0 aliphatic carbocycles. The van der Waals surface area contributed by atoms with Crippen molar-refractivity contribution in [1.82, 2.24) is 10.2 Å². The summed E-state index contributed by atoms with van der Waals surface area (Å²) in [5.41, 5.74) is 0.749. The van der Waals surface area contributed by atoms with Crippen LogP contribution in [0.4, 0.5) is 0 Å². The zero-order valence-electron chi connectivity index (χ0n) is 10.0. The lowest BCUT2D eigenvalue weighted by Crippen LogP contribution is -2.36. The molecular weight excluding hydrogens is 232 g/mol. The van der Waals surface area contributed by atoms with Gasteiger partial charge in [-0.1, -0.05) is 30.3 Å². The normalized spacial score (nSPS) is 18.8. The highest BCUT2D eigenvalue weighted by molar-refractivity contribution is 5.77. The Kier molecular flexibility index (Phi) is 3.94. The number of rotatable bonds is 3. The molecule has 96 valence electrons. The van der Waals surface area contributed by atoms with Crippen molar-refractivity contribution in [2.45, 2.75) is 12.5 Å². The number of nitrogens with zero attached hydrogens (tertiary/aromatic N) is 1. The number of amides is 1. The molecule has 1 aliphatic heterocycles. The molecule has 1 amide bonds. The van der Waals surface area contributed by atoms with Crippen molar-refractivity contribution in [3.05, 3.63) is 35.9 Å². The van der Waals surface area contributed by atoms with Crippen molar-refractivity contribution in [3.63, 3.8) is 0 Å². The number of carboxylic acid groups (broad SMARTS) is 1. The van der Waals surface area contributed by atoms with Gasteiger partial charge in [0.2, 0.25) is 5.91 Å². The van der Waals surface area contributed by atoms with Gasteiger partial charge in [-0.25, -0.2) is 0 Å². The van der Waals surface area contributed by atoms with Gasteiger partial charge in [-0.3, -0.25) is 14.5 Å². The average molecular weight is 248 g/mol. The second-order valence-electron chi connectivity index (χ2n) is 4.29. The van der Waals surface area contributed by atoms with Gasteiger partial charge in [0, 0.05) is 26.1 Å². The van der Waals surface area contributed by atoms with E-state index in [1.807, 2.05) is 23.1 Å². The molecule has 1 atom stereocenters. The summed E-state index contributed by atoms with van der Waals surface area (Å²) in [5, 5.41) is 12.1. The maximum atomic E-state index is 11.4. The quantitative estimate of drug-likeness (QED) is 0.823. The fraction of sp³-hybridized carbons (Fsp3) is 0.385. The Morgan fingerprint density at radius 2 is 2.00 bits per heavy atom. The van der Waals surface area contributed by atoms with Crippen LogP contribution in [0.25, 0.3) is 0 Å². The zero-order chi connectivity index (χ0) is 13.0. The molecular formula is C13H16N2O3. The first-order valence-corrected chi connectivity index (χ1v) is 5.97. The van der Waals surface area contributed by atoms with E-state index in [1.165, 1.54) is 0 Å². The predicted molar refractivity (Wildman–Crippen MR) is 66.0 cm³/mol. The molecule has 2 rings (SSSR count). The standard InChI is InChI=1S/C13H16N2O3/c16-11-6-8-15(9-7-14-11)12(13(17)18)10-4-2-1-3-5-10/h1-5,12H,6-9H2,(H,14,16)(H,17,18). The Balaban J connectivity index is 2.20. The van der Waals surface area contributed by atoms with Crippen LogP contribution in [0.1, 0.15) is 18.0 Å². The maximum absolute atomic E-state index is 11.4. The van der Waals surface area contributed by atoms with Crippen LogP contribution in [0.15, 0.2) is 30.3 Å². The lowest BCUT2D eigenvalue weighted by molar-refractivity contribution is -0.143. The number of benzene rings is 1. The molecule has 0 spiro atoms. The lowest BCUT2D eigenvalue weighted by atomic mass is 10.1. The van der Waals surface area contributed by atoms with E-state index in [4.69, 9.17) is 0 Å². The van der Waals surface area contributed by atoms with Crippen molar-refractivity contribution < 1.29 is 14.7 Å². The minimum Gasteiger partial charge on any atom is -0.480 e. The zero-order valence-corrected chi connectivity index (χ0v) is 10.0. The van der Waals surface area contributed by atoms with Gasteiger partial charge < -0.3 is 10.4 Å². The highest BCUT2D eigenvalue weighted by Gasteiger charge is 2.28. The fourth-order valence-corrected chi connectivity index (χ4v) is 2.19. The molecule has 5 nitrogen and oxygen atoms in total. The number of nitrogens with one attached hydrogen (secondary N) is 1. The first-order valence-electron chi connectivity index (χ1n) is 5.97. The van der Waals surface area contributed by atoms with Crippen LogP contribution in [0, 0.1) is 0 Å². The van der Waals surface area contributed by atoms with Crippen molar-refractivity contribution in [3.8, 4) is 0 Å². The number of carbonyl (C=O) groups excluding carboxylic acids is 1. The second kappa shape index (κ2) is 5.64. The maximum Gasteiger partial charge on any atom is 0.325 e.